The van der Waals surface area contributed by atoms with Gasteiger partial charge in [0.15, 0.2) is 18.7 Å². The molecule has 10 aromatic carbocycles. The van der Waals surface area contributed by atoms with Crippen LogP contribution in [0.1, 0.15) is 54.9 Å². The summed E-state index contributed by atoms with van der Waals surface area (Å²) in [6.07, 6.45) is -15.5. The molecule has 16 nitrogen and oxygen atoms in total. The van der Waals surface area contributed by atoms with Crippen molar-refractivity contribution in [2.24, 2.45) is 0 Å². The number of ether oxygens (including phenoxy) is 14. The molecule has 3 fully saturated rings. The lowest BCUT2D eigenvalue weighted by Gasteiger charge is -2.50. The average molecular weight is 1420 g/mol. The summed E-state index contributed by atoms with van der Waals surface area (Å²) in [5.74, 6) is -0.566. The van der Waals surface area contributed by atoms with Gasteiger partial charge in [0, 0.05) is 4.90 Å². The molecule has 3 heterocycles. The summed E-state index contributed by atoms with van der Waals surface area (Å²) in [4.78, 5) is 15.5. The zero-order chi connectivity index (χ0) is 70.8. The van der Waals surface area contributed by atoms with Gasteiger partial charge in [0.1, 0.15) is 72.6 Å². The van der Waals surface area contributed by atoms with E-state index in [-0.39, 0.29) is 72.7 Å². The van der Waals surface area contributed by atoms with Gasteiger partial charge >= 0.3 is 5.97 Å². The van der Waals surface area contributed by atoms with Crippen LogP contribution < -0.4 is 0 Å². The number of hydrogen-bond donors (Lipinski definition) is 1. The monoisotopic (exact) mass is 1420 g/mol. The smallest absolute Gasteiger partial charge is 0.338 e. The number of hydrogen-bond acceptors (Lipinski definition) is 17. The van der Waals surface area contributed by atoms with Crippen molar-refractivity contribution in [2.75, 3.05) is 19.8 Å². The van der Waals surface area contributed by atoms with Crippen LogP contribution in [0.3, 0.4) is 0 Å². The van der Waals surface area contributed by atoms with Crippen molar-refractivity contribution in [1.29, 1.82) is 0 Å². The van der Waals surface area contributed by atoms with Gasteiger partial charge in [-0.25, -0.2) is 4.79 Å². The molecule has 0 aliphatic carbocycles. The fourth-order valence-electron chi connectivity index (χ4n) is 12.9. The van der Waals surface area contributed by atoms with E-state index in [0.29, 0.717) is 5.56 Å². The Kier molecular flexibility index (Phi) is 27.7. The lowest BCUT2D eigenvalue weighted by molar-refractivity contribution is -0.382. The quantitative estimate of drug-likeness (QED) is 0.0372. The Hall–Kier alpha value is -8.54. The zero-order valence-electron chi connectivity index (χ0n) is 57.8. The summed E-state index contributed by atoms with van der Waals surface area (Å²) in [5.41, 5.74) is 6.65. The molecule has 3 saturated heterocycles. The number of rotatable bonds is 35. The van der Waals surface area contributed by atoms with Gasteiger partial charge < -0.3 is 71.4 Å². The Morgan fingerprint density at radius 2 is 0.596 bits per heavy atom. The van der Waals surface area contributed by atoms with Crippen molar-refractivity contribution in [3.8, 4) is 0 Å². The average Bonchev–Trinajstić information content (AvgIpc) is 0.774. The van der Waals surface area contributed by atoms with Gasteiger partial charge in [-0.05, 0) is 68.8 Å². The number of aliphatic hydroxyl groups excluding tert-OH is 1. The van der Waals surface area contributed by atoms with Crippen molar-refractivity contribution >= 4 is 17.7 Å². The first-order valence-electron chi connectivity index (χ1n) is 35.5. The normalized spacial score (nSPS) is 24.7. The largest absolute Gasteiger partial charge is 0.452 e. The second kappa shape index (κ2) is 39.0. The van der Waals surface area contributed by atoms with E-state index in [1.807, 2.05) is 279 Å². The molecule has 3 aliphatic rings. The van der Waals surface area contributed by atoms with Crippen LogP contribution in [-0.4, -0.2) is 122 Å². The predicted molar refractivity (Wildman–Crippen MR) is 393 cm³/mol. The first-order chi connectivity index (χ1) is 51.4. The summed E-state index contributed by atoms with van der Waals surface area (Å²) in [6, 6.07) is 97.4. The SMILES string of the molecule is O=C(O[C@H]1[C@@H](OCc2ccccc2)[C@H](OCc2ccccc2)[C@@H](CO[C@H]2O[C@H](COCc3ccccc3)[C@@H](OCc3ccccc3)[C@H](OCc3ccccc3)[C@@H]2O[C@H]2O[C@H](COCc3ccccc3)[C@@H](OCc3ccccc3)[C@H](OCc3ccccc3)[C@@H]2O)O[C@@H]1Sc1ccccc1)c1ccccc1. The maximum atomic E-state index is 14.6. The third kappa shape index (κ3) is 21.1. The number of carbonyl (C=O) groups excluding carboxylic acids is 1. The second-order valence-corrected chi connectivity index (χ2v) is 27.0. The maximum Gasteiger partial charge on any atom is 0.338 e. The molecule has 17 heteroatoms. The number of benzene rings is 10. The van der Waals surface area contributed by atoms with Crippen LogP contribution in [0.25, 0.3) is 0 Å². The molecule has 13 rings (SSSR count). The molecule has 538 valence electrons. The molecule has 3 aliphatic heterocycles. The standard InChI is InChI=1S/C87H88O16S/c88-75-79(95-56-67-41-21-6-22-42-67)76(92-53-64-35-15-3-16-36-64)72(59-90-51-62-31-11-1-12-32-62)99-85(75)103-82-80(96-57-68-43-23-7-24-44-68)77(93-54-65-37-17-4-18-38-65)73(60-91-52-63-33-13-2-14-34-63)100-86(82)98-61-74-78(94-55-66-39-19-5-20-40-66)81(97-58-69-45-25-8-26-46-69)83(102-84(89)70-47-27-9-28-48-70)87(101-74)104-71-49-29-10-30-50-71/h1-50,72-83,85-88H,51-61H2/t72-,73-,74-,75+,76-,77-,78-,79-,80+,81+,82+,83+,85-,86+,87-/m1/s1. The minimum atomic E-state index is -1.53. The highest BCUT2D eigenvalue weighted by molar-refractivity contribution is 7.99. The molecular formula is C87H88O16S. The van der Waals surface area contributed by atoms with Crippen molar-refractivity contribution in [2.45, 2.75) is 149 Å². The van der Waals surface area contributed by atoms with Crippen LogP contribution in [0.5, 0.6) is 0 Å². The topological polar surface area (TPSA) is 167 Å². The summed E-state index contributed by atoms with van der Waals surface area (Å²) >= 11 is 1.39. The number of thioether (sulfide) groups is 1. The third-order valence-corrected chi connectivity index (χ3v) is 19.4. The van der Waals surface area contributed by atoms with E-state index in [1.165, 1.54) is 11.8 Å². The highest BCUT2D eigenvalue weighted by Gasteiger charge is 2.56. The van der Waals surface area contributed by atoms with Crippen LogP contribution in [0.4, 0.5) is 0 Å². The molecule has 0 bridgehead atoms. The Balaban J connectivity index is 0.909. The number of esters is 1. The lowest BCUT2D eigenvalue weighted by atomic mass is 9.96. The molecule has 0 saturated carbocycles. The van der Waals surface area contributed by atoms with E-state index in [1.54, 1.807) is 24.3 Å². The van der Waals surface area contributed by atoms with Gasteiger partial charge in [-0.3, -0.25) is 0 Å². The molecule has 104 heavy (non-hydrogen) atoms. The van der Waals surface area contributed by atoms with Crippen LogP contribution in [0, 0.1) is 0 Å². The molecule has 10 aromatic rings. The van der Waals surface area contributed by atoms with E-state index in [9.17, 15) is 9.90 Å². The van der Waals surface area contributed by atoms with E-state index >= 15 is 0 Å². The summed E-state index contributed by atoms with van der Waals surface area (Å²) < 4.78 is 99.4. The molecule has 0 aromatic heterocycles. The molecule has 15 atom stereocenters. The fourth-order valence-corrected chi connectivity index (χ4v) is 14.0. The van der Waals surface area contributed by atoms with Gasteiger partial charge in [0.2, 0.25) is 0 Å². The van der Waals surface area contributed by atoms with Crippen molar-refractivity contribution in [3.05, 3.63) is 353 Å². The molecular weight excluding hydrogens is 1330 g/mol. The number of carbonyl (C=O) groups is 1. The van der Waals surface area contributed by atoms with E-state index in [2.05, 4.69) is 0 Å². The van der Waals surface area contributed by atoms with Crippen LogP contribution >= 0.6 is 11.8 Å². The summed E-state index contributed by atoms with van der Waals surface area (Å²) in [7, 11) is 0. The van der Waals surface area contributed by atoms with Gasteiger partial charge in [-0.15, -0.1) is 0 Å². The summed E-state index contributed by atoms with van der Waals surface area (Å²) in [5, 5.41) is 13.3. The molecule has 0 spiro atoms. The minimum absolute atomic E-state index is 0.00547. The van der Waals surface area contributed by atoms with Gasteiger partial charge in [-0.1, -0.05) is 291 Å². The van der Waals surface area contributed by atoms with Crippen LogP contribution in [-0.2, 0) is 119 Å². The van der Waals surface area contributed by atoms with E-state index in [4.69, 9.17) is 66.3 Å². The highest BCUT2D eigenvalue weighted by atomic mass is 32.2. The van der Waals surface area contributed by atoms with E-state index in [0.717, 1.165) is 49.4 Å². The Morgan fingerprint density at radius 1 is 0.298 bits per heavy atom. The number of aliphatic hydroxyl groups is 1. The fraction of sp³-hybridized carbons (Fsp3) is 0.299. The van der Waals surface area contributed by atoms with Crippen LogP contribution in [0.2, 0.25) is 0 Å². The highest BCUT2D eigenvalue weighted by Crippen LogP contribution is 2.41. The van der Waals surface area contributed by atoms with E-state index < -0.39 is 97.2 Å². The van der Waals surface area contributed by atoms with Crippen molar-refractivity contribution in [1.82, 2.24) is 0 Å². The zero-order valence-corrected chi connectivity index (χ0v) is 58.6. The van der Waals surface area contributed by atoms with Gasteiger partial charge in [-0.2, -0.15) is 0 Å². The first kappa shape index (κ1) is 73.8. The lowest BCUT2D eigenvalue weighted by Crippen LogP contribution is -2.66. The second-order valence-electron chi connectivity index (χ2n) is 25.8. The first-order valence-corrected chi connectivity index (χ1v) is 36.3. The van der Waals surface area contributed by atoms with Crippen LogP contribution in [0.15, 0.2) is 308 Å². The molecule has 0 unspecified atom stereocenters. The van der Waals surface area contributed by atoms with Gasteiger partial charge in [0.25, 0.3) is 0 Å². The van der Waals surface area contributed by atoms with Crippen molar-refractivity contribution in [3.63, 3.8) is 0 Å². The molecule has 1 N–H and O–H groups in total. The minimum Gasteiger partial charge on any atom is -0.452 e. The Bertz CT molecular complexity index is 4040. The van der Waals surface area contributed by atoms with Gasteiger partial charge in [0.05, 0.1) is 78.2 Å². The predicted octanol–water partition coefficient (Wildman–Crippen LogP) is 14.9. The third-order valence-electron chi connectivity index (χ3n) is 18.3. The summed E-state index contributed by atoms with van der Waals surface area (Å²) in [6.45, 7) is 1.03. The Morgan fingerprint density at radius 3 is 0.981 bits per heavy atom. The van der Waals surface area contributed by atoms with Crippen molar-refractivity contribution < 1.29 is 76.2 Å². The maximum absolute atomic E-state index is 14.6. The Labute approximate surface area is 612 Å². The molecule has 0 radical (unpaired) electrons. The molecule has 0 amide bonds.